The molecule has 98 valence electrons. The number of aromatic nitrogens is 6. The predicted octanol–water partition coefficient (Wildman–Crippen LogP) is 0.634. The standard InChI is InChI=1S/C11H14N8/c12-11-17-9(8-10(18-11)15-7-14-8)13-3-1-5-19-6-2-4-16-19/h2,4,6-7H,1,3,5H2,(H4,12,13,14,15,17,18). The van der Waals surface area contributed by atoms with Crippen molar-refractivity contribution in [3.8, 4) is 0 Å². The van der Waals surface area contributed by atoms with Gasteiger partial charge in [-0.2, -0.15) is 15.1 Å². The summed E-state index contributed by atoms with van der Waals surface area (Å²) in [6.07, 6.45) is 6.22. The Labute approximate surface area is 109 Å². The number of hydrogen-bond donors (Lipinski definition) is 3. The van der Waals surface area contributed by atoms with Gasteiger partial charge in [-0.15, -0.1) is 0 Å². The molecule has 0 radical (unpaired) electrons. The minimum atomic E-state index is 0.217. The number of hydrogen-bond acceptors (Lipinski definition) is 6. The lowest BCUT2D eigenvalue weighted by Crippen LogP contribution is -2.09. The second-order valence-electron chi connectivity index (χ2n) is 4.08. The van der Waals surface area contributed by atoms with Crippen molar-refractivity contribution in [3.05, 3.63) is 24.8 Å². The maximum Gasteiger partial charge on any atom is 0.224 e. The molecule has 8 heteroatoms. The Morgan fingerprint density at radius 1 is 1.37 bits per heavy atom. The van der Waals surface area contributed by atoms with Crippen molar-refractivity contribution in [2.45, 2.75) is 13.0 Å². The van der Waals surface area contributed by atoms with Crippen molar-refractivity contribution in [3.63, 3.8) is 0 Å². The molecule has 0 spiro atoms. The zero-order chi connectivity index (χ0) is 13.1. The molecular weight excluding hydrogens is 244 g/mol. The molecule has 19 heavy (non-hydrogen) atoms. The van der Waals surface area contributed by atoms with Gasteiger partial charge in [-0.3, -0.25) is 4.68 Å². The molecule has 0 aliphatic rings. The predicted molar refractivity (Wildman–Crippen MR) is 71.4 cm³/mol. The number of imidazole rings is 1. The molecule has 3 rings (SSSR count). The van der Waals surface area contributed by atoms with E-state index in [0.717, 1.165) is 25.0 Å². The number of fused-ring (bicyclic) bond motifs is 1. The zero-order valence-electron chi connectivity index (χ0n) is 10.2. The maximum absolute atomic E-state index is 5.64. The van der Waals surface area contributed by atoms with E-state index < -0.39 is 0 Å². The third-order valence-electron chi connectivity index (χ3n) is 2.72. The molecule has 0 atom stereocenters. The monoisotopic (exact) mass is 258 g/mol. The van der Waals surface area contributed by atoms with Gasteiger partial charge in [0.2, 0.25) is 5.95 Å². The van der Waals surface area contributed by atoms with E-state index in [1.54, 1.807) is 12.5 Å². The zero-order valence-corrected chi connectivity index (χ0v) is 10.2. The highest BCUT2D eigenvalue weighted by atomic mass is 15.3. The van der Waals surface area contributed by atoms with Crippen molar-refractivity contribution < 1.29 is 0 Å². The van der Waals surface area contributed by atoms with E-state index in [1.807, 2.05) is 16.9 Å². The van der Waals surface area contributed by atoms with Gasteiger partial charge in [0.1, 0.15) is 5.52 Å². The topological polar surface area (TPSA) is 110 Å². The summed E-state index contributed by atoms with van der Waals surface area (Å²) >= 11 is 0. The van der Waals surface area contributed by atoms with Crippen LogP contribution in [0.1, 0.15) is 6.42 Å². The highest BCUT2D eigenvalue weighted by Gasteiger charge is 2.07. The minimum absolute atomic E-state index is 0.217. The SMILES string of the molecule is Nc1nc(NCCCn2cccn2)c2[nH]cnc2n1. The summed E-state index contributed by atoms with van der Waals surface area (Å²) in [4.78, 5) is 15.3. The average Bonchev–Trinajstić information content (AvgIpc) is 3.04. The highest BCUT2D eigenvalue weighted by molar-refractivity contribution is 5.83. The third kappa shape index (κ3) is 2.46. The molecule has 0 amide bonds. The minimum Gasteiger partial charge on any atom is -0.368 e. The number of rotatable bonds is 5. The molecular formula is C11H14N8. The first-order valence-corrected chi connectivity index (χ1v) is 6.01. The summed E-state index contributed by atoms with van der Waals surface area (Å²) in [5.74, 6) is 0.898. The lowest BCUT2D eigenvalue weighted by atomic mass is 10.4. The van der Waals surface area contributed by atoms with E-state index in [1.165, 1.54) is 0 Å². The van der Waals surface area contributed by atoms with E-state index >= 15 is 0 Å². The van der Waals surface area contributed by atoms with E-state index in [4.69, 9.17) is 5.73 Å². The van der Waals surface area contributed by atoms with Crippen LogP contribution in [-0.2, 0) is 6.54 Å². The van der Waals surface area contributed by atoms with Gasteiger partial charge in [-0.25, -0.2) is 4.98 Å². The Balaban J connectivity index is 1.63. The Morgan fingerprint density at radius 2 is 2.32 bits per heavy atom. The molecule has 0 saturated carbocycles. The summed E-state index contributed by atoms with van der Waals surface area (Å²) in [5.41, 5.74) is 6.98. The summed E-state index contributed by atoms with van der Waals surface area (Å²) < 4.78 is 1.89. The van der Waals surface area contributed by atoms with Crippen LogP contribution in [0.2, 0.25) is 0 Å². The number of nitrogens with zero attached hydrogens (tertiary/aromatic N) is 5. The van der Waals surface area contributed by atoms with Gasteiger partial charge in [-0.1, -0.05) is 0 Å². The Kier molecular flexibility index (Phi) is 2.97. The number of H-pyrrole nitrogens is 1. The van der Waals surface area contributed by atoms with Crippen LogP contribution in [0, 0.1) is 0 Å². The summed E-state index contributed by atoms with van der Waals surface area (Å²) in [7, 11) is 0. The molecule has 0 unspecified atom stereocenters. The molecule has 0 fully saturated rings. The van der Waals surface area contributed by atoms with Crippen LogP contribution in [0.3, 0.4) is 0 Å². The number of nitrogens with one attached hydrogen (secondary N) is 2. The van der Waals surface area contributed by atoms with Crippen LogP contribution >= 0.6 is 0 Å². The van der Waals surface area contributed by atoms with Gasteiger partial charge >= 0.3 is 0 Å². The number of nitrogen functional groups attached to an aromatic ring is 1. The number of nitrogens with two attached hydrogens (primary N) is 1. The van der Waals surface area contributed by atoms with Crippen molar-refractivity contribution in [2.24, 2.45) is 0 Å². The lowest BCUT2D eigenvalue weighted by molar-refractivity contribution is 0.591. The first kappa shape index (κ1) is 11.5. The molecule has 3 aromatic heterocycles. The average molecular weight is 258 g/mol. The third-order valence-corrected chi connectivity index (χ3v) is 2.72. The van der Waals surface area contributed by atoms with Gasteiger partial charge in [0.25, 0.3) is 0 Å². The maximum atomic E-state index is 5.64. The molecule has 0 bridgehead atoms. The first-order valence-electron chi connectivity index (χ1n) is 6.01. The number of aryl methyl sites for hydroxylation is 1. The fourth-order valence-electron chi connectivity index (χ4n) is 1.86. The fraction of sp³-hybridized carbons (Fsp3) is 0.273. The number of aromatic amines is 1. The number of anilines is 2. The van der Waals surface area contributed by atoms with Crippen molar-refractivity contribution >= 4 is 22.9 Å². The largest absolute Gasteiger partial charge is 0.368 e. The van der Waals surface area contributed by atoms with Crippen molar-refractivity contribution in [2.75, 3.05) is 17.6 Å². The Morgan fingerprint density at radius 3 is 3.16 bits per heavy atom. The van der Waals surface area contributed by atoms with Gasteiger partial charge in [0, 0.05) is 25.5 Å². The van der Waals surface area contributed by atoms with Gasteiger partial charge in [-0.05, 0) is 12.5 Å². The van der Waals surface area contributed by atoms with E-state index in [9.17, 15) is 0 Å². The molecule has 4 N–H and O–H groups in total. The van der Waals surface area contributed by atoms with Crippen molar-refractivity contribution in [1.82, 2.24) is 29.7 Å². The van der Waals surface area contributed by atoms with Gasteiger partial charge in [0.05, 0.1) is 6.33 Å². The second-order valence-corrected chi connectivity index (χ2v) is 4.08. The van der Waals surface area contributed by atoms with Crippen LogP contribution in [0.5, 0.6) is 0 Å². The first-order chi connectivity index (χ1) is 9.33. The normalized spacial score (nSPS) is 10.9. The van der Waals surface area contributed by atoms with Crippen LogP contribution in [-0.4, -0.2) is 36.3 Å². The van der Waals surface area contributed by atoms with Gasteiger partial charge in [0.15, 0.2) is 11.5 Å². The molecule has 3 aromatic rings. The lowest BCUT2D eigenvalue weighted by Gasteiger charge is -2.07. The second kappa shape index (κ2) is 4.92. The van der Waals surface area contributed by atoms with Crippen molar-refractivity contribution in [1.29, 1.82) is 0 Å². The van der Waals surface area contributed by atoms with Gasteiger partial charge < -0.3 is 16.0 Å². The fourth-order valence-corrected chi connectivity index (χ4v) is 1.86. The summed E-state index contributed by atoms with van der Waals surface area (Å²) in [6, 6.07) is 1.91. The molecule has 0 aliphatic carbocycles. The van der Waals surface area contributed by atoms with Crippen LogP contribution in [0.4, 0.5) is 11.8 Å². The quantitative estimate of drug-likeness (QED) is 0.579. The Bertz CT molecular complexity index is 656. The Hall–Kier alpha value is -2.64. The van der Waals surface area contributed by atoms with E-state index in [2.05, 4.69) is 30.4 Å². The molecule has 0 aliphatic heterocycles. The molecule has 8 nitrogen and oxygen atoms in total. The molecule has 0 aromatic carbocycles. The van der Waals surface area contributed by atoms with Crippen LogP contribution in [0.25, 0.3) is 11.2 Å². The smallest absolute Gasteiger partial charge is 0.224 e. The summed E-state index contributed by atoms with van der Waals surface area (Å²) in [5, 5.41) is 7.38. The highest BCUT2D eigenvalue weighted by Crippen LogP contribution is 2.16. The van der Waals surface area contributed by atoms with Crippen LogP contribution < -0.4 is 11.1 Å². The molecule has 3 heterocycles. The van der Waals surface area contributed by atoms with Crippen LogP contribution in [0.15, 0.2) is 24.8 Å². The summed E-state index contributed by atoms with van der Waals surface area (Å²) in [6.45, 7) is 1.62. The van der Waals surface area contributed by atoms with E-state index in [0.29, 0.717) is 11.5 Å². The molecule has 0 saturated heterocycles. The van der Waals surface area contributed by atoms with E-state index in [-0.39, 0.29) is 5.95 Å².